The molecule has 0 aliphatic carbocycles. The highest BCUT2D eigenvalue weighted by atomic mass is 19.1. The predicted octanol–water partition coefficient (Wildman–Crippen LogP) is 1.84. The van der Waals surface area contributed by atoms with Crippen molar-refractivity contribution in [2.75, 3.05) is 7.11 Å². The molecule has 0 heterocycles. The van der Waals surface area contributed by atoms with Crippen LogP contribution in [0.25, 0.3) is 0 Å². The van der Waals surface area contributed by atoms with E-state index in [1.165, 1.54) is 19.2 Å². The molecule has 0 radical (unpaired) electrons. The molecule has 0 bridgehead atoms. The predicted molar refractivity (Wildman–Crippen MR) is 41.8 cm³/mol. The van der Waals surface area contributed by atoms with Gasteiger partial charge in [-0.05, 0) is 23.8 Å². The molecule has 0 spiro atoms. The van der Waals surface area contributed by atoms with Gasteiger partial charge in [-0.2, -0.15) is 5.26 Å². The Morgan fingerprint density at radius 2 is 2.25 bits per heavy atom. The lowest BCUT2D eigenvalue weighted by Gasteiger charge is -1.99. The van der Waals surface area contributed by atoms with E-state index >= 15 is 0 Å². The summed E-state index contributed by atoms with van der Waals surface area (Å²) in [7, 11) is 1.52. The van der Waals surface area contributed by atoms with Crippen molar-refractivity contribution in [2.24, 2.45) is 0 Å². The van der Waals surface area contributed by atoms with Crippen LogP contribution in [0.5, 0.6) is 0 Å². The Balaban J connectivity index is 3.00. The summed E-state index contributed by atoms with van der Waals surface area (Å²) in [5, 5.41) is 8.50. The first-order valence-corrected chi connectivity index (χ1v) is 3.45. The maximum Gasteiger partial charge on any atom is 0.124 e. The van der Waals surface area contributed by atoms with Crippen molar-refractivity contribution in [3.05, 3.63) is 35.1 Å². The van der Waals surface area contributed by atoms with Crippen molar-refractivity contribution in [3.8, 4) is 6.07 Å². The molecule has 0 aliphatic heterocycles. The fraction of sp³-hybridized carbons (Fsp3) is 0.222. The highest BCUT2D eigenvalue weighted by Crippen LogP contribution is 2.08. The Morgan fingerprint density at radius 1 is 1.50 bits per heavy atom. The second-order valence-electron chi connectivity index (χ2n) is 2.39. The fourth-order valence-corrected chi connectivity index (χ4v) is 0.965. The average molecular weight is 165 g/mol. The number of hydrogen-bond acceptors (Lipinski definition) is 2. The SMILES string of the molecule is COCc1cc(F)cc(C#N)c1. The van der Waals surface area contributed by atoms with E-state index in [1.807, 2.05) is 6.07 Å². The number of halogens is 1. The maximum absolute atomic E-state index is 12.7. The molecule has 0 saturated heterocycles. The van der Waals surface area contributed by atoms with Crippen molar-refractivity contribution < 1.29 is 9.13 Å². The molecular formula is C9H8FNO. The van der Waals surface area contributed by atoms with E-state index in [0.717, 1.165) is 0 Å². The molecule has 0 atom stereocenters. The van der Waals surface area contributed by atoms with Gasteiger partial charge in [-0.3, -0.25) is 0 Å². The zero-order chi connectivity index (χ0) is 8.97. The molecular weight excluding hydrogens is 157 g/mol. The number of nitriles is 1. The van der Waals surface area contributed by atoms with Crippen LogP contribution in [0.4, 0.5) is 4.39 Å². The van der Waals surface area contributed by atoms with Gasteiger partial charge in [0.1, 0.15) is 5.82 Å². The Morgan fingerprint density at radius 3 is 2.83 bits per heavy atom. The lowest BCUT2D eigenvalue weighted by molar-refractivity contribution is 0.184. The summed E-state index contributed by atoms with van der Waals surface area (Å²) >= 11 is 0. The minimum atomic E-state index is -0.402. The largest absolute Gasteiger partial charge is 0.380 e. The van der Waals surface area contributed by atoms with E-state index in [9.17, 15) is 4.39 Å². The highest BCUT2D eigenvalue weighted by Gasteiger charge is 1.99. The van der Waals surface area contributed by atoms with Gasteiger partial charge in [0.2, 0.25) is 0 Å². The summed E-state index contributed by atoms with van der Waals surface area (Å²) in [6.07, 6.45) is 0. The monoisotopic (exact) mass is 165 g/mol. The minimum Gasteiger partial charge on any atom is -0.380 e. The molecule has 0 amide bonds. The van der Waals surface area contributed by atoms with Gasteiger partial charge in [-0.25, -0.2) is 4.39 Å². The summed E-state index contributed by atoms with van der Waals surface area (Å²) in [4.78, 5) is 0. The van der Waals surface area contributed by atoms with Crippen molar-refractivity contribution >= 4 is 0 Å². The lowest BCUT2D eigenvalue weighted by atomic mass is 10.1. The Bertz CT molecular complexity index is 317. The highest BCUT2D eigenvalue weighted by molar-refractivity contribution is 5.33. The molecule has 0 aromatic heterocycles. The normalized spacial score (nSPS) is 9.42. The van der Waals surface area contributed by atoms with E-state index in [2.05, 4.69) is 0 Å². The molecule has 0 aliphatic rings. The summed E-state index contributed by atoms with van der Waals surface area (Å²) in [6.45, 7) is 0.326. The number of rotatable bonds is 2. The number of hydrogen-bond donors (Lipinski definition) is 0. The van der Waals surface area contributed by atoms with Crippen molar-refractivity contribution in [3.63, 3.8) is 0 Å². The summed E-state index contributed by atoms with van der Waals surface area (Å²) in [5.41, 5.74) is 0.996. The van der Waals surface area contributed by atoms with Crippen LogP contribution < -0.4 is 0 Å². The second-order valence-corrected chi connectivity index (χ2v) is 2.39. The summed E-state index contributed by atoms with van der Waals surface area (Å²) in [6, 6.07) is 6.02. The standard InChI is InChI=1S/C9H8FNO/c1-12-6-8-2-7(5-11)3-9(10)4-8/h2-4H,6H2,1H3. The van der Waals surface area contributed by atoms with Gasteiger partial charge >= 0.3 is 0 Å². The smallest absolute Gasteiger partial charge is 0.124 e. The van der Waals surface area contributed by atoms with E-state index in [1.54, 1.807) is 6.07 Å². The molecule has 62 valence electrons. The van der Waals surface area contributed by atoms with Crippen LogP contribution >= 0.6 is 0 Å². The van der Waals surface area contributed by atoms with Gasteiger partial charge in [0.25, 0.3) is 0 Å². The zero-order valence-corrected chi connectivity index (χ0v) is 6.67. The van der Waals surface area contributed by atoms with E-state index in [0.29, 0.717) is 17.7 Å². The molecule has 12 heavy (non-hydrogen) atoms. The van der Waals surface area contributed by atoms with E-state index in [-0.39, 0.29) is 0 Å². The topological polar surface area (TPSA) is 33.0 Å². The van der Waals surface area contributed by atoms with Gasteiger partial charge in [-0.15, -0.1) is 0 Å². The van der Waals surface area contributed by atoms with Crippen molar-refractivity contribution in [2.45, 2.75) is 6.61 Å². The molecule has 1 aromatic rings. The third kappa shape index (κ3) is 2.04. The first-order valence-electron chi connectivity index (χ1n) is 3.45. The van der Waals surface area contributed by atoms with Crippen LogP contribution in [-0.4, -0.2) is 7.11 Å². The molecule has 2 nitrogen and oxygen atoms in total. The number of methoxy groups -OCH3 is 1. The lowest BCUT2D eigenvalue weighted by Crippen LogP contribution is -1.90. The minimum absolute atomic E-state index is 0.321. The Labute approximate surface area is 70.2 Å². The van der Waals surface area contributed by atoms with Gasteiger partial charge in [-0.1, -0.05) is 0 Å². The van der Waals surface area contributed by atoms with Gasteiger partial charge in [0.15, 0.2) is 0 Å². The van der Waals surface area contributed by atoms with Gasteiger partial charge in [0, 0.05) is 7.11 Å². The van der Waals surface area contributed by atoms with Crippen molar-refractivity contribution in [1.29, 1.82) is 5.26 Å². The third-order valence-corrected chi connectivity index (χ3v) is 1.40. The van der Waals surface area contributed by atoms with E-state index in [4.69, 9.17) is 10.00 Å². The Hall–Kier alpha value is -1.40. The molecule has 3 heteroatoms. The van der Waals surface area contributed by atoms with E-state index < -0.39 is 5.82 Å². The first kappa shape index (κ1) is 8.69. The first-order chi connectivity index (χ1) is 5.76. The summed E-state index contributed by atoms with van der Waals surface area (Å²) < 4.78 is 17.5. The maximum atomic E-state index is 12.7. The molecule has 1 rings (SSSR count). The number of benzene rings is 1. The average Bonchev–Trinajstić information content (AvgIpc) is 2.04. The van der Waals surface area contributed by atoms with Crippen LogP contribution in [0.3, 0.4) is 0 Å². The van der Waals surface area contributed by atoms with Crippen LogP contribution in [0.15, 0.2) is 18.2 Å². The quantitative estimate of drug-likeness (QED) is 0.669. The number of nitrogens with zero attached hydrogens (tertiary/aromatic N) is 1. The Kier molecular flexibility index (Phi) is 2.78. The molecule has 0 N–H and O–H groups in total. The second kappa shape index (κ2) is 3.84. The van der Waals surface area contributed by atoms with Crippen LogP contribution in [0.2, 0.25) is 0 Å². The van der Waals surface area contributed by atoms with Crippen LogP contribution in [0.1, 0.15) is 11.1 Å². The van der Waals surface area contributed by atoms with Gasteiger partial charge < -0.3 is 4.74 Å². The molecule has 0 fully saturated rings. The number of ether oxygens (including phenoxy) is 1. The van der Waals surface area contributed by atoms with Crippen LogP contribution in [0, 0.1) is 17.1 Å². The fourth-order valence-electron chi connectivity index (χ4n) is 0.965. The third-order valence-electron chi connectivity index (χ3n) is 1.40. The van der Waals surface area contributed by atoms with Gasteiger partial charge in [0.05, 0.1) is 18.2 Å². The van der Waals surface area contributed by atoms with Crippen molar-refractivity contribution in [1.82, 2.24) is 0 Å². The zero-order valence-electron chi connectivity index (χ0n) is 6.67. The van der Waals surface area contributed by atoms with Crippen LogP contribution in [-0.2, 0) is 11.3 Å². The molecule has 0 unspecified atom stereocenters. The molecule has 1 aromatic carbocycles. The summed E-state index contributed by atoms with van der Waals surface area (Å²) in [5.74, 6) is -0.402. The molecule has 0 saturated carbocycles.